The van der Waals surface area contributed by atoms with Crippen molar-refractivity contribution in [1.29, 1.82) is 0 Å². The molecule has 18 heavy (non-hydrogen) atoms. The number of hydrogen-bond acceptors (Lipinski definition) is 3. The lowest BCUT2D eigenvalue weighted by Crippen LogP contribution is -2.52. The van der Waals surface area contributed by atoms with Gasteiger partial charge in [0, 0.05) is 25.8 Å². The van der Waals surface area contributed by atoms with Crippen molar-refractivity contribution in [3.8, 4) is 0 Å². The number of carbonyl (C=O) groups excluding carboxylic acids is 1. The lowest BCUT2D eigenvalue weighted by molar-refractivity contribution is 0.104. The Morgan fingerprint density at radius 1 is 1.44 bits per heavy atom. The third kappa shape index (κ3) is 3.14. The van der Waals surface area contributed by atoms with Crippen molar-refractivity contribution >= 4 is 6.03 Å². The number of amides is 2. The number of ether oxygens (including phenoxy) is 1. The van der Waals surface area contributed by atoms with Crippen molar-refractivity contribution < 1.29 is 14.6 Å². The molecule has 104 valence electrons. The van der Waals surface area contributed by atoms with E-state index in [0.717, 1.165) is 38.8 Å². The number of carbonyl (C=O) groups is 1. The van der Waals surface area contributed by atoms with Gasteiger partial charge in [-0.2, -0.15) is 0 Å². The summed E-state index contributed by atoms with van der Waals surface area (Å²) in [4.78, 5) is 14.2. The molecule has 0 aromatic heterocycles. The molecule has 0 radical (unpaired) electrons. The first kappa shape index (κ1) is 13.6. The average Bonchev–Trinajstić information content (AvgIpc) is 2.76. The molecule has 0 saturated carbocycles. The van der Waals surface area contributed by atoms with Crippen molar-refractivity contribution in [2.75, 3.05) is 19.8 Å². The maximum absolute atomic E-state index is 12.3. The van der Waals surface area contributed by atoms with Crippen LogP contribution < -0.4 is 5.32 Å². The van der Waals surface area contributed by atoms with Crippen LogP contribution in [-0.2, 0) is 4.74 Å². The molecule has 2 amide bonds. The molecule has 2 fully saturated rings. The number of urea groups is 1. The molecule has 0 bridgehead atoms. The second-order valence-corrected chi connectivity index (χ2v) is 5.28. The maximum Gasteiger partial charge on any atom is 0.317 e. The SMILES string of the molecule is C[C@@H]1OCC[C@@H]1NC(=O)N1CCCC[C@@H]1CCO. The van der Waals surface area contributed by atoms with E-state index in [1.165, 1.54) is 0 Å². The lowest BCUT2D eigenvalue weighted by atomic mass is 10.00. The topological polar surface area (TPSA) is 61.8 Å². The van der Waals surface area contributed by atoms with Crippen molar-refractivity contribution in [1.82, 2.24) is 10.2 Å². The molecule has 0 unspecified atom stereocenters. The summed E-state index contributed by atoms with van der Waals surface area (Å²) in [5.74, 6) is 0. The fraction of sp³-hybridized carbons (Fsp3) is 0.923. The number of hydrogen-bond donors (Lipinski definition) is 2. The molecular weight excluding hydrogens is 232 g/mol. The zero-order valence-corrected chi connectivity index (χ0v) is 11.1. The largest absolute Gasteiger partial charge is 0.396 e. The van der Waals surface area contributed by atoms with Crippen LogP contribution in [0.1, 0.15) is 39.0 Å². The Balaban J connectivity index is 1.89. The predicted octanol–water partition coefficient (Wildman–Crippen LogP) is 1.11. The van der Waals surface area contributed by atoms with E-state index in [9.17, 15) is 4.79 Å². The summed E-state index contributed by atoms with van der Waals surface area (Å²) < 4.78 is 5.45. The van der Waals surface area contributed by atoms with Crippen LogP contribution in [0, 0.1) is 0 Å². The summed E-state index contributed by atoms with van der Waals surface area (Å²) in [6.07, 6.45) is 4.90. The van der Waals surface area contributed by atoms with E-state index in [1.807, 2.05) is 11.8 Å². The minimum atomic E-state index is 0.00972. The van der Waals surface area contributed by atoms with Crippen LogP contribution in [0.5, 0.6) is 0 Å². The summed E-state index contributed by atoms with van der Waals surface area (Å²) in [6, 6.07) is 0.339. The Kier molecular flexibility index (Phi) is 4.83. The molecule has 2 N–H and O–H groups in total. The van der Waals surface area contributed by atoms with Gasteiger partial charge in [-0.3, -0.25) is 0 Å². The highest BCUT2D eigenvalue weighted by molar-refractivity contribution is 5.75. The lowest BCUT2D eigenvalue weighted by Gasteiger charge is -2.36. The van der Waals surface area contributed by atoms with Crippen LogP contribution in [0.25, 0.3) is 0 Å². The molecule has 5 nitrogen and oxygen atoms in total. The zero-order valence-electron chi connectivity index (χ0n) is 11.1. The number of aliphatic hydroxyl groups is 1. The minimum absolute atomic E-state index is 0.00972. The number of aliphatic hydroxyl groups excluding tert-OH is 1. The third-order valence-corrected chi connectivity index (χ3v) is 4.04. The predicted molar refractivity (Wildman–Crippen MR) is 68.4 cm³/mol. The number of piperidine rings is 1. The third-order valence-electron chi connectivity index (χ3n) is 4.04. The van der Waals surface area contributed by atoms with Gasteiger partial charge in [0.05, 0.1) is 12.1 Å². The number of nitrogens with zero attached hydrogens (tertiary/aromatic N) is 1. The molecule has 0 aliphatic carbocycles. The van der Waals surface area contributed by atoms with E-state index >= 15 is 0 Å². The van der Waals surface area contributed by atoms with E-state index < -0.39 is 0 Å². The monoisotopic (exact) mass is 256 g/mol. The van der Waals surface area contributed by atoms with Gasteiger partial charge in [0.25, 0.3) is 0 Å². The van der Waals surface area contributed by atoms with Gasteiger partial charge in [0.1, 0.15) is 0 Å². The molecule has 2 aliphatic rings. The molecule has 0 aromatic rings. The minimum Gasteiger partial charge on any atom is -0.396 e. The Morgan fingerprint density at radius 2 is 2.28 bits per heavy atom. The standard InChI is InChI=1S/C13H24N2O3/c1-10-12(6-9-18-10)14-13(17)15-7-3-2-4-11(15)5-8-16/h10-12,16H,2-9H2,1H3,(H,14,17)/t10-,11+,12-/m0/s1. The van der Waals surface area contributed by atoms with Gasteiger partial charge in [-0.1, -0.05) is 0 Å². The quantitative estimate of drug-likeness (QED) is 0.795. The van der Waals surface area contributed by atoms with Gasteiger partial charge >= 0.3 is 6.03 Å². The summed E-state index contributed by atoms with van der Waals surface area (Å²) in [5, 5.41) is 12.1. The van der Waals surface area contributed by atoms with Crippen LogP contribution >= 0.6 is 0 Å². The highest BCUT2D eigenvalue weighted by Crippen LogP contribution is 2.20. The zero-order chi connectivity index (χ0) is 13.0. The number of rotatable bonds is 3. The molecule has 2 heterocycles. The van der Waals surface area contributed by atoms with Gasteiger partial charge in [-0.15, -0.1) is 0 Å². The highest BCUT2D eigenvalue weighted by Gasteiger charge is 2.31. The number of nitrogens with one attached hydrogen (secondary N) is 1. The second-order valence-electron chi connectivity index (χ2n) is 5.28. The van der Waals surface area contributed by atoms with E-state index in [1.54, 1.807) is 0 Å². The Hall–Kier alpha value is -0.810. The smallest absolute Gasteiger partial charge is 0.317 e. The van der Waals surface area contributed by atoms with Gasteiger partial charge in [0.2, 0.25) is 0 Å². The fourth-order valence-electron chi connectivity index (χ4n) is 2.88. The van der Waals surface area contributed by atoms with Crippen LogP contribution in [0.2, 0.25) is 0 Å². The fourth-order valence-corrected chi connectivity index (χ4v) is 2.88. The van der Waals surface area contributed by atoms with Gasteiger partial charge in [-0.25, -0.2) is 4.79 Å². The molecule has 5 heteroatoms. The highest BCUT2D eigenvalue weighted by atomic mass is 16.5. The van der Waals surface area contributed by atoms with Gasteiger partial charge < -0.3 is 20.1 Å². The van der Waals surface area contributed by atoms with Gasteiger partial charge in [0.15, 0.2) is 0 Å². The second kappa shape index (κ2) is 6.38. The summed E-state index contributed by atoms with van der Waals surface area (Å²) >= 11 is 0. The van der Waals surface area contributed by atoms with E-state index in [-0.39, 0.29) is 30.8 Å². The Labute approximate surface area is 108 Å². The molecule has 2 aliphatic heterocycles. The molecule has 0 spiro atoms. The Bertz CT molecular complexity index is 283. The molecular formula is C13H24N2O3. The van der Waals surface area contributed by atoms with Gasteiger partial charge in [-0.05, 0) is 39.0 Å². The molecule has 2 saturated heterocycles. The summed E-state index contributed by atoms with van der Waals surface area (Å²) in [6.45, 7) is 3.68. The molecule has 0 aromatic carbocycles. The summed E-state index contributed by atoms with van der Waals surface area (Å²) in [7, 11) is 0. The van der Waals surface area contributed by atoms with Crippen molar-refractivity contribution in [3.63, 3.8) is 0 Å². The Morgan fingerprint density at radius 3 is 2.94 bits per heavy atom. The first-order valence-corrected chi connectivity index (χ1v) is 7.02. The van der Waals surface area contributed by atoms with E-state index in [2.05, 4.69) is 5.32 Å². The van der Waals surface area contributed by atoms with Crippen molar-refractivity contribution in [3.05, 3.63) is 0 Å². The first-order valence-electron chi connectivity index (χ1n) is 7.02. The van der Waals surface area contributed by atoms with Crippen LogP contribution in [0.15, 0.2) is 0 Å². The summed E-state index contributed by atoms with van der Waals surface area (Å²) in [5.41, 5.74) is 0. The van der Waals surface area contributed by atoms with Crippen molar-refractivity contribution in [2.24, 2.45) is 0 Å². The number of likely N-dealkylation sites (tertiary alicyclic amines) is 1. The molecule has 2 rings (SSSR count). The average molecular weight is 256 g/mol. The van der Waals surface area contributed by atoms with Crippen molar-refractivity contribution in [2.45, 2.75) is 57.2 Å². The normalized spacial score (nSPS) is 32.6. The van der Waals surface area contributed by atoms with E-state index in [4.69, 9.17) is 9.84 Å². The maximum atomic E-state index is 12.3. The molecule has 3 atom stereocenters. The van der Waals surface area contributed by atoms with Crippen LogP contribution in [-0.4, -0.2) is 54.0 Å². The van der Waals surface area contributed by atoms with E-state index in [0.29, 0.717) is 6.42 Å². The van der Waals surface area contributed by atoms with Crippen LogP contribution in [0.4, 0.5) is 4.79 Å². The van der Waals surface area contributed by atoms with Crippen LogP contribution in [0.3, 0.4) is 0 Å². The first-order chi connectivity index (χ1) is 8.72.